The molecule has 0 aliphatic carbocycles. The number of hydrogen-bond acceptors (Lipinski definition) is 3. The van der Waals surface area contributed by atoms with E-state index in [-0.39, 0.29) is 5.91 Å². The maximum Gasteiger partial charge on any atom is 0.287 e. The van der Waals surface area contributed by atoms with E-state index in [1.54, 1.807) is 12.1 Å². The topological polar surface area (TPSA) is 60.1 Å². The van der Waals surface area contributed by atoms with Crippen LogP contribution in [-0.2, 0) is 13.6 Å². The van der Waals surface area contributed by atoms with Crippen LogP contribution in [0.5, 0.6) is 0 Å². The highest BCUT2D eigenvalue weighted by molar-refractivity contribution is 5.91. The minimum Gasteiger partial charge on any atom is -0.459 e. The van der Waals surface area contributed by atoms with Crippen molar-refractivity contribution in [2.24, 2.45) is 7.05 Å². The molecule has 0 aliphatic heterocycles. The Kier molecular flexibility index (Phi) is 2.79. The lowest BCUT2D eigenvalue weighted by molar-refractivity contribution is 0.0922. The normalized spacial score (nSPS) is 10.8. The molecule has 2 aromatic heterocycles. The molecule has 0 saturated heterocycles. The number of imidazole rings is 1. The third kappa shape index (κ3) is 2.10. The number of hydrogen-bond donors (Lipinski definition) is 1. The Morgan fingerprint density at radius 1 is 1.32 bits per heavy atom. The van der Waals surface area contributed by atoms with Gasteiger partial charge in [0.2, 0.25) is 0 Å². The molecule has 0 fully saturated rings. The highest BCUT2D eigenvalue weighted by Gasteiger charge is 2.11. The van der Waals surface area contributed by atoms with Crippen LogP contribution in [0.2, 0.25) is 0 Å². The minimum absolute atomic E-state index is 0.239. The van der Waals surface area contributed by atoms with Crippen LogP contribution in [0.25, 0.3) is 11.0 Å². The molecule has 19 heavy (non-hydrogen) atoms. The quantitative estimate of drug-likeness (QED) is 0.779. The molecule has 0 spiro atoms. The highest BCUT2D eigenvalue weighted by atomic mass is 16.3. The van der Waals surface area contributed by atoms with Crippen molar-refractivity contribution in [1.29, 1.82) is 0 Å². The molecule has 5 nitrogen and oxygen atoms in total. The fraction of sp³-hybridized carbons (Fsp3) is 0.143. The van der Waals surface area contributed by atoms with Gasteiger partial charge in [0.1, 0.15) is 5.82 Å². The third-order valence-corrected chi connectivity index (χ3v) is 3.03. The molecule has 3 rings (SSSR count). The predicted molar refractivity (Wildman–Crippen MR) is 70.6 cm³/mol. The number of amides is 1. The summed E-state index contributed by atoms with van der Waals surface area (Å²) in [6.45, 7) is 0.366. The number of carbonyl (C=O) groups excluding carboxylic acids is 1. The average molecular weight is 255 g/mol. The van der Waals surface area contributed by atoms with E-state index in [4.69, 9.17) is 4.42 Å². The standard InChI is InChI=1S/C14H13N3O2/c1-17-11-6-3-2-5-10(11)16-13(17)9-15-14(18)12-7-4-8-19-12/h2-8H,9H2,1H3,(H,15,18). The first-order valence-electron chi connectivity index (χ1n) is 5.98. The van der Waals surface area contributed by atoms with Gasteiger partial charge in [-0.2, -0.15) is 0 Å². The summed E-state index contributed by atoms with van der Waals surface area (Å²) in [6, 6.07) is 11.2. The summed E-state index contributed by atoms with van der Waals surface area (Å²) in [7, 11) is 1.93. The number of nitrogens with one attached hydrogen (secondary N) is 1. The number of rotatable bonds is 3. The molecule has 5 heteroatoms. The Bertz CT molecular complexity index is 713. The Morgan fingerprint density at radius 2 is 2.16 bits per heavy atom. The second kappa shape index (κ2) is 4.61. The van der Waals surface area contributed by atoms with E-state index in [0.717, 1.165) is 16.9 Å². The molecule has 0 aliphatic rings. The largest absolute Gasteiger partial charge is 0.459 e. The lowest BCUT2D eigenvalue weighted by Crippen LogP contribution is -2.23. The average Bonchev–Trinajstić information content (AvgIpc) is 3.05. The maximum absolute atomic E-state index is 11.8. The Labute approximate surface area is 109 Å². The Morgan fingerprint density at radius 3 is 2.89 bits per heavy atom. The molecule has 0 unspecified atom stereocenters. The van der Waals surface area contributed by atoms with Gasteiger partial charge in [0.25, 0.3) is 5.91 Å². The fourth-order valence-electron chi connectivity index (χ4n) is 2.01. The number of para-hydroxylation sites is 2. The summed E-state index contributed by atoms with van der Waals surface area (Å²) in [5.41, 5.74) is 1.97. The number of aryl methyl sites for hydroxylation is 1. The number of furan rings is 1. The van der Waals surface area contributed by atoms with Gasteiger partial charge in [-0.05, 0) is 24.3 Å². The van der Waals surface area contributed by atoms with E-state index in [1.165, 1.54) is 6.26 Å². The molecule has 0 atom stereocenters. The van der Waals surface area contributed by atoms with E-state index in [0.29, 0.717) is 12.3 Å². The molecule has 0 radical (unpaired) electrons. The fourth-order valence-corrected chi connectivity index (χ4v) is 2.01. The lowest BCUT2D eigenvalue weighted by Gasteiger charge is -2.03. The van der Waals surface area contributed by atoms with Crippen LogP contribution in [0.4, 0.5) is 0 Å². The van der Waals surface area contributed by atoms with Crippen LogP contribution in [0.3, 0.4) is 0 Å². The van der Waals surface area contributed by atoms with E-state index in [1.807, 2.05) is 35.9 Å². The molecule has 96 valence electrons. The second-order valence-electron chi connectivity index (χ2n) is 4.24. The SMILES string of the molecule is Cn1c(CNC(=O)c2ccco2)nc2ccccc21. The van der Waals surface area contributed by atoms with Crippen molar-refractivity contribution >= 4 is 16.9 Å². The molecule has 1 aromatic carbocycles. The summed E-state index contributed by atoms with van der Waals surface area (Å²) in [5, 5.41) is 2.79. The van der Waals surface area contributed by atoms with Gasteiger partial charge in [-0.15, -0.1) is 0 Å². The maximum atomic E-state index is 11.8. The van der Waals surface area contributed by atoms with Gasteiger partial charge in [-0.1, -0.05) is 12.1 Å². The Hall–Kier alpha value is -2.56. The van der Waals surface area contributed by atoms with Crippen molar-refractivity contribution in [2.75, 3.05) is 0 Å². The number of fused-ring (bicyclic) bond motifs is 1. The van der Waals surface area contributed by atoms with E-state index < -0.39 is 0 Å². The van der Waals surface area contributed by atoms with E-state index in [9.17, 15) is 4.79 Å². The van der Waals surface area contributed by atoms with Crippen LogP contribution < -0.4 is 5.32 Å². The van der Waals surface area contributed by atoms with Crippen molar-refractivity contribution in [1.82, 2.24) is 14.9 Å². The van der Waals surface area contributed by atoms with Crippen molar-refractivity contribution in [3.8, 4) is 0 Å². The third-order valence-electron chi connectivity index (χ3n) is 3.03. The molecule has 1 amide bonds. The molecule has 0 saturated carbocycles. The molecule has 1 N–H and O–H groups in total. The second-order valence-corrected chi connectivity index (χ2v) is 4.24. The zero-order valence-corrected chi connectivity index (χ0v) is 10.5. The van der Waals surface area contributed by atoms with Gasteiger partial charge in [0.05, 0.1) is 23.8 Å². The molecular formula is C14H13N3O2. The van der Waals surface area contributed by atoms with Gasteiger partial charge in [-0.25, -0.2) is 4.98 Å². The van der Waals surface area contributed by atoms with Gasteiger partial charge in [0.15, 0.2) is 5.76 Å². The van der Waals surface area contributed by atoms with Crippen LogP contribution in [0.15, 0.2) is 47.1 Å². The van der Waals surface area contributed by atoms with Gasteiger partial charge >= 0.3 is 0 Å². The molecule has 2 heterocycles. The zero-order chi connectivity index (χ0) is 13.2. The van der Waals surface area contributed by atoms with Crippen molar-refractivity contribution in [3.63, 3.8) is 0 Å². The number of benzene rings is 1. The van der Waals surface area contributed by atoms with E-state index in [2.05, 4.69) is 10.3 Å². The Balaban J connectivity index is 1.79. The first-order valence-corrected chi connectivity index (χ1v) is 5.98. The molecule has 0 bridgehead atoms. The first kappa shape index (κ1) is 11.5. The molecular weight excluding hydrogens is 242 g/mol. The lowest BCUT2D eigenvalue weighted by atomic mass is 10.3. The summed E-state index contributed by atoms with van der Waals surface area (Å²) in [6.07, 6.45) is 1.48. The smallest absolute Gasteiger partial charge is 0.287 e. The van der Waals surface area contributed by atoms with Gasteiger partial charge in [-0.3, -0.25) is 4.79 Å². The monoisotopic (exact) mass is 255 g/mol. The first-order chi connectivity index (χ1) is 9.25. The highest BCUT2D eigenvalue weighted by Crippen LogP contribution is 2.14. The van der Waals surface area contributed by atoms with Crippen LogP contribution in [0, 0.1) is 0 Å². The summed E-state index contributed by atoms with van der Waals surface area (Å²) in [4.78, 5) is 16.2. The predicted octanol–water partition coefficient (Wildman–Crippen LogP) is 2.10. The number of nitrogens with zero attached hydrogens (tertiary/aromatic N) is 2. The van der Waals surface area contributed by atoms with Gasteiger partial charge in [0, 0.05) is 7.05 Å². The summed E-state index contributed by atoms with van der Waals surface area (Å²) in [5.74, 6) is 0.872. The van der Waals surface area contributed by atoms with E-state index >= 15 is 0 Å². The van der Waals surface area contributed by atoms with Gasteiger partial charge < -0.3 is 14.3 Å². The van der Waals surface area contributed by atoms with Crippen molar-refractivity contribution in [2.45, 2.75) is 6.54 Å². The number of aromatic nitrogens is 2. The van der Waals surface area contributed by atoms with Crippen molar-refractivity contribution in [3.05, 3.63) is 54.2 Å². The number of carbonyl (C=O) groups is 1. The zero-order valence-electron chi connectivity index (χ0n) is 10.5. The molecule has 3 aromatic rings. The van der Waals surface area contributed by atoms with Crippen molar-refractivity contribution < 1.29 is 9.21 Å². The van der Waals surface area contributed by atoms with Crippen LogP contribution in [0.1, 0.15) is 16.4 Å². The van der Waals surface area contributed by atoms with Crippen LogP contribution in [-0.4, -0.2) is 15.5 Å². The summed E-state index contributed by atoms with van der Waals surface area (Å²) < 4.78 is 7.00. The van der Waals surface area contributed by atoms with Crippen LogP contribution >= 0.6 is 0 Å². The minimum atomic E-state index is -0.239. The summed E-state index contributed by atoms with van der Waals surface area (Å²) >= 11 is 0.